The molecule has 1 N–H and O–H groups in total. The fraction of sp³-hybridized carbons (Fsp3) is 0.708. The second-order valence-corrected chi connectivity index (χ2v) is 21.3. The summed E-state index contributed by atoms with van der Waals surface area (Å²) in [5, 5.41) is 3.11. The summed E-state index contributed by atoms with van der Waals surface area (Å²) < 4.78 is 108. The van der Waals surface area contributed by atoms with Gasteiger partial charge in [-0.15, -0.1) is 0 Å². The average molecular weight is 860 g/mol. The van der Waals surface area contributed by atoms with Crippen molar-refractivity contribution >= 4 is 27.5 Å². The minimum atomic E-state index is -4.75. The smallest absolute Gasteiger partial charge is 0.274 e. The van der Waals surface area contributed by atoms with Crippen molar-refractivity contribution in [2.75, 3.05) is 44.2 Å². The summed E-state index contributed by atoms with van der Waals surface area (Å²) in [4.78, 5) is 30.5. The number of sulfonamides is 1. The van der Waals surface area contributed by atoms with E-state index in [0.29, 0.717) is 47.5 Å². The molecule has 2 amide bonds. The van der Waals surface area contributed by atoms with E-state index in [1.165, 1.54) is 27.0 Å². The van der Waals surface area contributed by atoms with Crippen LogP contribution in [0.25, 0.3) is 0 Å². The summed E-state index contributed by atoms with van der Waals surface area (Å²) in [7, 11) is -3.40. The third-order valence-corrected chi connectivity index (χ3v) is 15.8. The molecule has 60 heavy (non-hydrogen) atoms. The van der Waals surface area contributed by atoms with Crippen molar-refractivity contribution in [2.24, 2.45) is 17.8 Å². The van der Waals surface area contributed by atoms with Gasteiger partial charge in [-0.3, -0.25) is 14.5 Å². The minimum absolute atomic E-state index is 0.0687. The molecule has 1 aliphatic carbocycles. The van der Waals surface area contributed by atoms with Crippen molar-refractivity contribution in [1.82, 2.24) is 10.2 Å². The highest BCUT2D eigenvalue weighted by Crippen LogP contribution is 2.61. The average Bonchev–Trinajstić information content (AvgIpc) is 3.44. The van der Waals surface area contributed by atoms with E-state index in [1.807, 2.05) is 69.2 Å². The SMILES string of the molecule is [2H]C1([2H])OC([2H])([2H])C(C)(C)N(CC(C)(C)O[C@@]2(C)CC[C@@]3(C(=O)N(S(=O)(=O)c4c(OC)cc(C(=O)NC(C)(CC)CC)c(C)c4C)c4cc(C)c(OCC(C)C)c(C)c43)C(C)C2C)C1([2H])[2H]. The van der Waals surface area contributed by atoms with Gasteiger partial charge in [-0.1, -0.05) is 41.5 Å². The summed E-state index contributed by atoms with van der Waals surface area (Å²) in [6, 6.07) is 3.16. The summed E-state index contributed by atoms with van der Waals surface area (Å²) in [5.74, 6) is -1.30. The van der Waals surface area contributed by atoms with Crippen molar-refractivity contribution in [1.29, 1.82) is 0 Å². The molecule has 0 aromatic heterocycles. The first kappa shape index (κ1) is 39.6. The number of carbonyl (C=O) groups excluding carboxylic acids is 2. The third-order valence-electron chi connectivity index (χ3n) is 14.0. The number of aryl methyl sites for hydroxylation is 1. The molecule has 336 valence electrons. The zero-order valence-electron chi connectivity index (χ0n) is 45.2. The molecule has 1 saturated carbocycles. The van der Waals surface area contributed by atoms with Crippen molar-refractivity contribution in [3.8, 4) is 11.5 Å². The Morgan fingerprint density at radius 2 is 1.65 bits per heavy atom. The van der Waals surface area contributed by atoms with E-state index >= 15 is 13.2 Å². The number of carbonyl (C=O) groups is 2. The Kier molecular flexibility index (Phi) is 11.1. The van der Waals surface area contributed by atoms with Crippen LogP contribution in [-0.4, -0.2) is 87.3 Å². The van der Waals surface area contributed by atoms with Crippen LogP contribution in [0.1, 0.15) is 155 Å². The summed E-state index contributed by atoms with van der Waals surface area (Å²) in [5.41, 5.74) is -2.64. The molecule has 0 radical (unpaired) electrons. The van der Waals surface area contributed by atoms with Gasteiger partial charge in [0, 0.05) is 32.4 Å². The topological polar surface area (TPSA) is 124 Å². The highest BCUT2D eigenvalue weighted by molar-refractivity contribution is 7.93. The molecule has 1 saturated heterocycles. The van der Waals surface area contributed by atoms with Crippen LogP contribution < -0.4 is 19.1 Å². The summed E-state index contributed by atoms with van der Waals surface area (Å²) in [6.45, 7) is 21.1. The molecule has 0 bridgehead atoms. The monoisotopic (exact) mass is 860 g/mol. The predicted octanol–water partition coefficient (Wildman–Crippen LogP) is 8.98. The molecule has 4 atom stereocenters. The van der Waals surface area contributed by atoms with Gasteiger partial charge in [0.15, 0.2) is 0 Å². The quantitative estimate of drug-likeness (QED) is 0.198. The number of fused-ring (bicyclic) bond motifs is 2. The fourth-order valence-electron chi connectivity index (χ4n) is 9.56. The molecule has 2 aromatic carbocycles. The molecule has 11 nitrogen and oxygen atoms in total. The van der Waals surface area contributed by atoms with Gasteiger partial charge in [0.25, 0.3) is 21.8 Å². The second kappa shape index (κ2) is 16.8. The minimum Gasteiger partial charge on any atom is -0.495 e. The number of methoxy groups -OCH3 is 1. The second-order valence-electron chi connectivity index (χ2n) is 19.5. The lowest BCUT2D eigenvalue weighted by Gasteiger charge is -2.54. The van der Waals surface area contributed by atoms with Gasteiger partial charge >= 0.3 is 0 Å². The number of amides is 2. The maximum absolute atomic E-state index is 15.8. The fourth-order valence-corrected chi connectivity index (χ4v) is 11.5. The molecule has 2 aliphatic heterocycles. The lowest BCUT2D eigenvalue weighted by molar-refractivity contribution is -0.203. The van der Waals surface area contributed by atoms with Crippen LogP contribution in [-0.2, 0) is 29.7 Å². The molecule has 3 aliphatic rings. The van der Waals surface area contributed by atoms with Gasteiger partial charge in [0.2, 0.25) is 0 Å². The highest BCUT2D eigenvalue weighted by atomic mass is 32.2. The van der Waals surface area contributed by atoms with Crippen LogP contribution >= 0.6 is 0 Å². The van der Waals surface area contributed by atoms with Crippen molar-refractivity contribution in [3.05, 3.63) is 45.5 Å². The van der Waals surface area contributed by atoms with Crippen LogP contribution in [0.3, 0.4) is 0 Å². The Bertz CT molecular complexity index is 2340. The van der Waals surface area contributed by atoms with E-state index < -0.39 is 75.1 Å². The molecule has 12 heteroatoms. The van der Waals surface area contributed by atoms with Crippen molar-refractivity contribution < 1.29 is 45.2 Å². The van der Waals surface area contributed by atoms with E-state index in [0.717, 1.165) is 9.21 Å². The molecule has 2 fully saturated rings. The number of ether oxygens (including phenoxy) is 4. The molecule has 1 spiro atoms. The van der Waals surface area contributed by atoms with Crippen LogP contribution in [0.5, 0.6) is 11.5 Å². The number of nitrogens with one attached hydrogen (secondary N) is 1. The first-order chi connectivity index (χ1) is 29.9. The van der Waals surface area contributed by atoms with Crippen molar-refractivity contribution in [3.63, 3.8) is 0 Å². The van der Waals surface area contributed by atoms with Crippen LogP contribution in [0, 0.1) is 45.4 Å². The Balaban J connectivity index is 1.65. The Morgan fingerprint density at radius 3 is 2.23 bits per heavy atom. The Hall–Kier alpha value is -3.19. The molecule has 2 unspecified atom stereocenters. The maximum Gasteiger partial charge on any atom is 0.274 e. The molecule has 5 rings (SSSR count). The van der Waals surface area contributed by atoms with Gasteiger partial charge < -0.3 is 24.3 Å². The van der Waals surface area contributed by atoms with Gasteiger partial charge in [0.1, 0.15) is 16.4 Å². The largest absolute Gasteiger partial charge is 0.495 e. The van der Waals surface area contributed by atoms with E-state index in [-0.39, 0.29) is 58.7 Å². The number of nitrogens with zero attached hydrogens (tertiary/aromatic N) is 2. The number of hydrogen-bond donors (Lipinski definition) is 1. The molecule has 2 heterocycles. The van der Waals surface area contributed by atoms with E-state index in [9.17, 15) is 4.79 Å². The Morgan fingerprint density at radius 1 is 1.02 bits per heavy atom. The normalized spacial score (nSPS) is 28.9. The highest BCUT2D eigenvalue weighted by Gasteiger charge is 2.64. The predicted molar refractivity (Wildman–Crippen MR) is 239 cm³/mol. The van der Waals surface area contributed by atoms with Gasteiger partial charge in [-0.2, -0.15) is 0 Å². The molecule has 2 aromatic rings. The zero-order valence-corrected chi connectivity index (χ0v) is 40.0. The summed E-state index contributed by atoms with van der Waals surface area (Å²) in [6.07, 6.45) is 1.79. The molecular formula is C48H75N3O8S. The van der Waals surface area contributed by atoms with Gasteiger partial charge in [-0.05, 0) is 153 Å². The Labute approximate surface area is 370 Å². The van der Waals surface area contributed by atoms with E-state index in [1.54, 1.807) is 33.8 Å². The van der Waals surface area contributed by atoms with Crippen LogP contribution in [0.2, 0.25) is 0 Å². The van der Waals surface area contributed by atoms with E-state index in [2.05, 4.69) is 5.32 Å². The maximum atomic E-state index is 15.8. The summed E-state index contributed by atoms with van der Waals surface area (Å²) >= 11 is 0. The number of hydrogen-bond acceptors (Lipinski definition) is 9. The van der Waals surface area contributed by atoms with Gasteiger partial charge in [0.05, 0.1) is 54.6 Å². The lowest BCUT2D eigenvalue weighted by Crippen LogP contribution is -2.61. The number of benzene rings is 2. The number of anilines is 1. The third kappa shape index (κ3) is 8.24. The standard InChI is InChI=1S/C48H75N3O8S/c1-18-46(15,19-2)49-42(52)36-25-38(56-17)41(32(7)31(36)6)60(54,55)51-37-24-30(5)40(58-26-29(3)4)33(8)39(37)48(43(51)53)21-20-47(16,34(9)35(48)10)59-45(13,14)27-50-22-23-57-28-44(50,11)12/h24-25,29,34-35H,18-23,26-28H2,1-17H3,(H,49,52)/t34?,35?,47-,48+/m0/s1/i22D2,23D2,28D2. The van der Waals surface area contributed by atoms with E-state index in [4.69, 9.17) is 27.2 Å². The zero-order chi connectivity index (χ0) is 50.5. The molecular weight excluding hydrogens is 779 g/mol. The van der Waals surface area contributed by atoms with Gasteiger partial charge in [-0.25, -0.2) is 12.7 Å². The lowest BCUT2D eigenvalue weighted by atomic mass is 9.55. The number of morpholine rings is 1. The van der Waals surface area contributed by atoms with Crippen LogP contribution in [0.4, 0.5) is 5.69 Å². The number of rotatable bonds is 14. The first-order valence-corrected chi connectivity index (χ1v) is 22.9. The first-order valence-electron chi connectivity index (χ1n) is 24.5. The van der Waals surface area contributed by atoms with Crippen LogP contribution in [0.15, 0.2) is 17.0 Å². The van der Waals surface area contributed by atoms with Crippen molar-refractivity contribution in [2.45, 2.75) is 169 Å².